The van der Waals surface area contributed by atoms with E-state index in [9.17, 15) is 33.5 Å². The molecule has 0 radical (unpaired) electrons. The van der Waals surface area contributed by atoms with Crippen LogP contribution in [0.2, 0.25) is 0 Å². The van der Waals surface area contributed by atoms with Crippen LogP contribution >= 0.6 is 0 Å². The van der Waals surface area contributed by atoms with Crippen molar-refractivity contribution in [2.24, 2.45) is 0 Å². The third-order valence-corrected chi connectivity index (χ3v) is 6.01. The van der Waals surface area contributed by atoms with Gasteiger partial charge in [0.05, 0.1) is 24.0 Å². The van der Waals surface area contributed by atoms with Gasteiger partial charge in [0.25, 0.3) is 0 Å². The largest absolute Gasteiger partial charge is 0.481 e. The first kappa shape index (κ1) is 27.5. The minimum Gasteiger partial charge on any atom is -0.481 e. The fourth-order valence-electron chi connectivity index (χ4n) is 4.03. The Balaban J connectivity index is 0.000000251. The van der Waals surface area contributed by atoms with E-state index >= 15 is 0 Å². The van der Waals surface area contributed by atoms with Crippen LogP contribution < -0.4 is 15.6 Å². The van der Waals surface area contributed by atoms with Crippen LogP contribution in [0.15, 0.2) is 23.1 Å². The number of aliphatic hydroxyl groups is 1. The second kappa shape index (κ2) is 10.9. The van der Waals surface area contributed by atoms with Crippen LogP contribution in [0.3, 0.4) is 0 Å². The minimum atomic E-state index is -2.74. The molecule has 0 bridgehead atoms. The van der Waals surface area contributed by atoms with Gasteiger partial charge in [-0.15, -0.1) is 0 Å². The molecule has 37 heavy (non-hydrogen) atoms. The van der Waals surface area contributed by atoms with E-state index in [2.05, 4.69) is 5.32 Å². The van der Waals surface area contributed by atoms with Crippen LogP contribution in [-0.2, 0) is 14.4 Å². The summed E-state index contributed by atoms with van der Waals surface area (Å²) in [6.07, 6.45) is 1.00. The van der Waals surface area contributed by atoms with E-state index in [1.54, 1.807) is 6.07 Å². The molecule has 1 saturated carbocycles. The van der Waals surface area contributed by atoms with E-state index in [0.717, 1.165) is 25.9 Å². The maximum Gasteiger partial charge on any atom is 0.341 e. The van der Waals surface area contributed by atoms with Gasteiger partial charge in [0, 0.05) is 43.8 Å². The summed E-state index contributed by atoms with van der Waals surface area (Å²) in [5, 5.41) is 46.4. The van der Waals surface area contributed by atoms with Crippen LogP contribution in [0.25, 0.3) is 10.9 Å². The molecule has 1 aliphatic heterocycles. The number of nitrogens with one attached hydrogen (secondary N) is 1. The number of carbonyl (C=O) groups is 4. The summed E-state index contributed by atoms with van der Waals surface area (Å²) < 4.78 is 16.4. The molecule has 2 heterocycles. The number of piperazine rings is 1. The van der Waals surface area contributed by atoms with Crippen molar-refractivity contribution >= 4 is 40.5 Å². The van der Waals surface area contributed by atoms with Crippen molar-refractivity contribution in [1.82, 2.24) is 9.88 Å². The second-order valence-electron chi connectivity index (χ2n) is 8.85. The number of anilines is 1. The number of aromatic carboxylic acids is 1. The lowest BCUT2D eigenvalue weighted by atomic mass is 9.96. The van der Waals surface area contributed by atoms with Crippen LogP contribution in [-0.4, -0.2) is 85.8 Å². The third kappa shape index (κ3) is 6.40. The molecule has 4 rings (SSSR count). The molecular weight excluding hydrogens is 497 g/mol. The van der Waals surface area contributed by atoms with Gasteiger partial charge in [-0.3, -0.25) is 14.4 Å². The molecule has 1 aromatic heterocycles. The number of fused-ring (bicyclic) bond motifs is 1. The highest BCUT2D eigenvalue weighted by atomic mass is 19.1. The van der Waals surface area contributed by atoms with Gasteiger partial charge >= 0.3 is 23.9 Å². The quantitative estimate of drug-likeness (QED) is 0.277. The molecule has 0 atom stereocenters. The maximum absolute atomic E-state index is 14.6. The minimum absolute atomic E-state index is 0.137. The monoisotopic (exact) mass is 523 g/mol. The average Bonchev–Trinajstić information content (AvgIpc) is 3.64. The molecule has 2 fully saturated rings. The number of carboxylic acid groups (broad SMARTS) is 4. The van der Waals surface area contributed by atoms with Crippen LogP contribution in [0.4, 0.5) is 10.1 Å². The topological polar surface area (TPSA) is 207 Å². The smallest absolute Gasteiger partial charge is 0.341 e. The number of hydrogen-bond acceptors (Lipinski definition) is 8. The Bertz CT molecular complexity index is 1280. The van der Waals surface area contributed by atoms with E-state index in [-0.39, 0.29) is 17.0 Å². The first-order valence-electron chi connectivity index (χ1n) is 11.3. The van der Waals surface area contributed by atoms with Gasteiger partial charge in [0.2, 0.25) is 5.43 Å². The van der Waals surface area contributed by atoms with E-state index in [1.165, 1.54) is 12.3 Å². The Morgan fingerprint density at radius 3 is 2.03 bits per heavy atom. The predicted molar refractivity (Wildman–Crippen MR) is 126 cm³/mol. The summed E-state index contributed by atoms with van der Waals surface area (Å²) in [5.74, 6) is -6.77. The third-order valence-electron chi connectivity index (χ3n) is 6.01. The number of halogens is 1. The van der Waals surface area contributed by atoms with Crippen molar-refractivity contribution in [3.8, 4) is 0 Å². The fraction of sp³-hybridized carbons (Fsp3) is 0.435. The summed E-state index contributed by atoms with van der Waals surface area (Å²) in [7, 11) is 0. The number of rotatable bonds is 8. The first-order chi connectivity index (χ1) is 17.3. The Morgan fingerprint density at radius 1 is 1.00 bits per heavy atom. The van der Waals surface area contributed by atoms with Crippen molar-refractivity contribution in [1.29, 1.82) is 0 Å². The first-order valence-corrected chi connectivity index (χ1v) is 11.3. The highest BCUT2D eigenvalue weighted by Crippen LogP contribution is 2.38. The van der Waals surface area contributed by atoms with Gasteiger partial charge in [-0.1, -0.05) is 0 Å². The molecule has 0 unspecified atom stereocenters. The molecule has 2 aliphatic rings. The molecule has 1 aliphatic carbocycles. The number of benzene rings is 1. The Morgan fingerprint density at radius 2 is 1.57 bits per heavy atom. The van der Waals surface area contributed by atoms with Gasteiger partial charge in [0.15, 0.2) is 5.60 Å². The Hall–Kier alpha value is -4.04. The number of aromatic nitrogens is 1. The number of aliphatic carboxylic acids is 3. The number of carboxylic acids is 4. The summed E-state index contributed by atoms with van der Waals surface area (Å²) in [6, 6.07) is 3.08. The highest BCUT2D eigenvalue weighted by molar-refractivity contribution is 5.93. The predicted octanol–water partition coefficient (Wildman–Crippen LogP) is 0.335. The lowest BCUT2D eigenvalue weighted by Crippen LogP contribution is -2.43. The molecule has 6 N–H and O–H groups in total. The summed E-state index contributed by atoms with van der Waals surface area (Å²) in [5.41, 5.74) is -2.58. The van der Waals surface area contributed by atoms with Gasteiger partial charge in [-0.25, -0.2) is 14.0 Å². The molecule has 200 valence electrons. The SMILES string of the molecule is O=C(O)CC(O)(CC(=O)O)C(=O)O.O=C(O)c1cn(C2CC2)c2cc(N3CCNCC3)c(F)cc2c1=O. The average molecular weight is 523 g/mol. The van der Waals surface area contributed by atoms with Crippen molar-refractivity contribution in [3.05, 3.63) is 39.9 Å². The standard InChI is InChI=1S/C17H18FN3O3.C6H8O7/c18-13-7-11-14(8-15(13)20-5-3-19-4-6-20)21(10-1-2-10)9-12(16(11)22)17(23)24;7-3(8)1-6(13,5(11)12)2-4(9)10/h7-10,19H,1-6H2,(H,23,24);13H,1-2H2,(H,7,8)(H,9,10)(H,11,12). The number of pyridine rings is 1. The molecule has 2 aromatic rings. The maximum atomic E-state index is 14.6. The zero-order chi connectivity index (χ0) is 27.5. The Labute approximate surface area is 208 Å². The van der Waals surface area contributed by atoms with E-state index in [4.69, 9.17) is 20.4 Å². The normalized spacial score (nSPS) is 15.6. The highest BCUT2D eigenvalue weighted by Gasteiger charge is 2.40. The number of hydrogen-bond donors (Lipinski definition) is 6. The lowest BCUT2D eigenvalue weighted by molar-refractivity contribution is -0.170. The Kier molecular flexibility index (Phi) is 8.13. The summed E-state index contributed by atoms with van der Waals surface area (Å²) in [6.45, 7) is 2.96. The van der Waals surface area contributed by atoms with Crippen LogP contribution in [0, 0.1) is 5.82 Å². The second-order valence-corrected chi connectivity index (χ2v) is 8.85. The van der Waals surface area contributed by atoms with E-state index < -0.39 is 53.6 Å². The molecule has 14 heteroatoms. The zero-order valence-electron chi connectivity index (χ0n) is 19.5. The molecule has 0 spiro atoms. The van der Waals surface area contributed by atoms with Gasteiger partial charge in [0.1, 0.15) is 11.4 Å². The van der Waals surface area contributed by atoms with Crippen molar-refractivity contribution in [3.63, 3.8) is 0 Å². The van der Waals surface area contributed by atoms with Gasteiger partial charge < -0.3 is 40.3 Å². The van der Waals surface area contributed by atoms with Crippen LogP contribution in [0.5, 0.6) is 0 Å². The molecule has 13 nitrogen and oxygen atoms in total. The lowest BCUT2D eigenvalue weighted by Gasteiger charge is -2.30. The zero-order valence-corrected chi connectivity index (χ0v) is 19.5. The molecule has 0 amide bonds. The molecule has 1 saturated heterocycles. The number of nitrogens with zero attached hydrogens (tertiary/aromatic N) is 2. The summed E-state index contributed by atoms with van der Waals surface area (Å²) >= 11 is 0. The van der Waals surface area contributed by atoms with E-state index in [1.807, 2.05) is 9.47 Å². The van der Waals surface area contributed by atoms with Crippen molar-refractivity contribution in [2.75, 3.05) is 31.1 Å². The van der Waals surface area contributed by atoms with E-state index in [0.29, 0.717) is 24.3 Å². The van der Waals surface area contributed by atoms with Crippen LogP contribution in [0.1, 0.15) is 42.1 Å². The van der Waals surface area contributed by atoms with Crippen molar-refractivity contribution < 1.29 is 49.1 Å². The van der Waals surface area contributed by atoms with Gasteiger partial charge in [-0.2, -0.15) is 0 Å². The summed E-state index contributed by atoms with van der Waals surface area (Å²) in [4.78, 5) is 56.2. The fourth-order valence-corrected chi connectivity index (χ4v) is 4.03. The van der Waals surface area contributed by atoms with Gasteiger partial charge in [-0.05, 0) is 25.0 Å². The van der Waals surface area contributed by atoms with Crippen molar-refractivity contribution in [2.45, 2.75) is 37.3 Å². The molecule has 1 aromatic carbocycles. The molecular formula is C23H26FN3O10.